The molecule has 5 heteroatoms. The van der Waals surface area contributed by atoms with E-state index >= 15 is 0 Å². The number of Topliss-reactive ketones (excluding diaryl/α,β-unsaturated/α-hetero) is 1. The number of fused-ring (bicyclic) bond motifs is 1. The minimum atomic E-state index is -0.413. The number of aromatic nitrogens is 2. The number of rotatable bonds is 3. The van der Waals surface area contributed by atoms with E-state index in [0.29, 0.717) is 15.6 Å². The highest BCUT2D eigenvalue weighted by Gasteiger charge is 2.15. The summed E-state index contributed by atoms with van der Waals surface area (Å²) in [6.45, 7) is 3.43. The van der Waals surface area contributed by atoms with E-state index in [4.69, 9.17) is 0 Å². The van der Waals surface area contributed by atoms with Crippen molar-refractivity contribution in [3.05, 3.63) is 53.3 Å². The molecule has 0 saturated carbocycles. The molecule has 0 aliphatic carbocycles. The molecule has 3 rings (SSSR count). The molecule has 0 bridgehead atoms. The van der Waals surface area contributed by atoms with Crippen molar-refractivity contribution in [3.8, 4) is 0 Å². The minimum absolute atomic E-state index is 0.163. The van der Waals surface area contributed by atoms with Gasteiger partial charge in [0.15, 0.2) is 10.9 Å². The first-order valence-electron chi connectivity index (χ1n) is 6.48. The molecular weight excluding hydrogens is 287 g/mol. The fourth-order valence-electron chi connectivity index (χ4n) is 2.13. The number of carbonyl (C=O) groups is 1. The van der Waals surface area contributed by atoms with Crippen molar-refractivity contribution in [1.82, 2.24) is 9.97 Å². The van der Waals surface area contributed by atoms with Gasteiger partial charge in [0.1, 0.15) is 5.82 Å². The van der Waals surface area contributed by atoms with E-state index in [0.717, 1.165) is 28.4 Å². The van der Waals surface area contributed by atoms with Crippen molar-refractivity contribution in [1.29, 1.82) is 0 Å². The molecule has 3 nitrogen and oxygen atoms in total. The largest absolute Gasteiger partial charge is 0.333 e. The summed E-state index contributed by atoms with van der Waals surface area (Å²) in [7, 11) is 0. The van der Waals surface area contributed by atoms with Gasteiger partial charge in [0.25, 0.3) is 0 Å². The van der Waals surface area contributed by atoms with E-state index < -0.39 is 5.82 Å². The van der Waals surface area contributed by atoms with Gasteiger partial charge in [-0.1, -0.05) is 18.2 Å². The van der Waals surface area contributed by atoms with Crippen LogP contribution < -0.4 is 0 Å². The highest BCUT2D eigenvalue weighted by atomic mass is 32.2. The van der Waals surface area contributed by atoms with Crippen molar-refractivity contribution in [2.45, 2.75) is 23.9 Å². The molecule has 0 aliphatic heterocycles. The predicted octanol–water partition coefficient (Wildman–Crippen LogP) is 4.36. The first-order valence-corrected chi connectivity index (χ1v) is 7.30. The summed E-state index contributed by atoms with van der Waals surface area (Å²) < 4.78 is 14.0. The quantitative estimate of drug-likeness (QED) is 0.731. The van der Waals surface area contributed by atoms with E-state index in [-0.39, 0.29) is 5.78 Å². The predicted molar refractivity (Wildman–Crippen MR) is 81.4 cm³/mol. The number of imidazole rings is 1. The third-order valence-corrected chi connectivity index (χ3v) is 4.17. The zero-order chi connectivity index (χ0) is 15.0. The van der Waals surface area contributed by atoms with Crippen LogP contribution in [0.1, 0.15) is 22.8 Å². The Bertz CT molecular complexity index is 841. The lowest BCUT2D eigenvalue weighted by Crippen LogP contribution is -1.97. The second-order valence-corrected chi connectivity index (χ2v) is 5.84. The number of hydrogen-bond acceptors (Lipinski definition) is 3. The fourth-order valence-corrected chi connectivity index (χ4v) is 3.12. The number of H-pyrrole nitrogens is 1. The Morgan fingerprint density at radius 1 is 1.29 bits per heavy atom. The van der Waals surface area contributed by atoms with Crippen LogP contribution in [0.3, 0.4) is 0 Å². The van der Waals surface area contributed by atoms with Gasteiger partial charge in [-0.3, -0.25) is 4.79 Å². The first-order chi connectivity index (χ1) is 10.0. The number of nitrogens with one attached hydrogen (secondary N) is 1. The molecule has 1 N–H and O–H groups in total. The number of aromatic amines is 1. The molecule has 1 heterocycles. The molecule has 0 aliphatic rings. The van der Waals surface area contributed by atoms with Crippen LogP contribution >= 0.6 is 11.8 Å². The van der Waals surface area contributed by atoms with Crippen LogP contribution in [0.5, 0.6) is 0 Å². The Hall–Kier alpha value is -2.14. The normalized spacial score (nSPS) is 11.0. The molecule has 0 radical (unpaired) electrons. The van der Waals surface area contributed by atoms with Gasteiger partial charge in [-0.05, 0) is 49.4 Å². The number of aryl methyl sites for hydroxylation is 1. The smallest absolute Gasteiger partial charge is 0.171 e. The van der Waals surface area contributed by atoms with Crippen molar-refractivity contribution < 1.29 is 9.18 Å². The lowest BCUT2D eigenvalue weighted by Gasteiger charge is -2.05. The Morgan fingerprint density at radius 2 is 2.10 bits per heavy atom. The number of ketones is 1. The van der Waals surface area contributed by atoms with Crippen molar-refractivity contribution in [2.24, 2.45) is 0 Å². The third-order valence-electron chi connectivity index (χ3n) is 3.16. The average Bonchev–Trinajstić information content (AvgIpc) is 2.82. The van der Waals surface area contributed by atoms with E-state index in [1.54, 1.807) is 6.07 Å². The number of carbonyl (C=O) groups excluding carboxylic acids is 1. The molecule has 3 aromatic rings. The van der Waals surface area contributed by atoms with Crippen molar-refractivity contribution in [3.63, 3.8) is 0 Å². The molecule has 0 spiro atoms. The van der Waals surface area contributed by atoms with Gasteiger partial charge < -0.3 is 4.98 Å². The molecule has 0 amide bonds. The van der Waals surface area contributed by atoms with Crippen LogP contribution in [0.25, 0.3) is 11.0 Å². The fraction of sp³-hybridized carbons (Fsp3) is 0.125. The van der Waals surface area contributed by atoms with Crippen LogP contribution in [0, 0.1) is 12.7 Å². The van der Waals surface area contributed by atoms with Gasteiger partial charge in [0.05, 0.1) is 15.9 Å². The average molecular weight is 300 g/mol. The van der Waals surface area contributed by atoms with Crippen molar-refractivity contribution in [2.75, 3.05) is 0 Å². The van der Waals surface area contributed by atoms with Crippen LogP contribution in [-0.4, -0.2) is 15.8 Å². The Labute approximate surface area is 125 Å². The summed E-state index contributed by atoms with van der Waals surface area (Å²) in [4.78, 5) is 19.5. The molecule has 0 fully saturated rings. The SMILES string of the molecule is CC(=O)c1cccc(F)c1Sc1nc2ccc(C)cc2[nH]1. The van der Waals surface area contributed by atoms with E-state index in [2.05, 4.69) is 9.97 Å². The summed E-state index contributed by atoms with van der Waals surface area (Å²) in [5.41, 5.74) is 3.22. The maximum absolute atomic E-state index is 14.0. The molecule has 106 valence electrons. The van der Waals surface area contributed by atoms with E-state index in [1.165, 1.54) is 19.1 Å². The zero-order valence-electron chi connectivity index (χ0n) is 11.6. The summed E-state index contributed by atoms with van der Waals surface area (Å²) in [6.07, 6.45) is 0. The number of nitrogens with zero attached hydrogens (tertiary/aromatic N) is 1. The van der Waals surface area contributed by atoms with Gasteiger partial charge in [0.2, 0.25) is 0 Å². The summed E-state index contributed by atoms with van der Waals surface area (Å²) in [5.74, 6) is -0.576. The molecule has 1 aromatic heterocycles. The maximum Gasteiger partial charge on any atom is 0.171 e. The Morgan fingerprint density at radius 3 is 2.86 bits per heavy atom. The second kappa shape index (κ2) is 5.33. The lowest BCUT2D eigenvalue weighted by molar-refractivity contribution is 0.101. The molecule has 2 aromatic carbocycles. The topological polar surface area (TPSA) is 45.8 Å². The van der Waals surface area contributed by atoms with E-state index in [1.807, 2.05) is 25.1 Å². The molecule has 0 saturated heterocycles. The van der Waals surface area contributed by atoms with Crippen molar-refractivity contribution >= 4 is 28.6 Å². The van der Waals surface area contributed by atoms with Crippen LogP contribution in [0.15, 0.2) is 46.5 Å². The number of hydrogen-bond donors (Lipinski definition) is 1. The molecular formula is C16H13FN2OS. The number of benzene rings is 2. The monoisotopic (exact) mass is 300 g/mol. The minimum Gasteiger partial charge on any atom is -0.333 e. The van der Waals surface area contributed by atoms with Gasteiger partial charge in [0, 0.05) is 5.56 Å². The molecule has 21 heavy (non-hydrogen) atoms. The highest BCUT2D eigenvalue weighted by molar-refractivity contribution is 7.99. The van der Waals surface area contributed by atoms with E-state index in [9.17, 15) is 9.18 Å². The van der Waals surface area contributed by atoms with Crippen LogP contribution in [-0.2, 0) is 0 Å². The van der Waals surface area contributed by atoms with Gasteiger partial charge in [-0.25, -0.2) is 9.37 Å². The zero-order valence-corrected chi connectivity index (χ0v) is 12.4. The summed E-state index contributed by atoms with van der Waals surface area (Å²) >= 11 is 1.14. The Kier molecular flexibility index (Phi) is 3.51. The van der Waals surface area contributed by atoms with Gasteiger partial charge >= 0.3 is 0 Å². The van der Waals surface area contributed by atoms with Gasteiger partial charge in [-0.2, -0.15) is 0 Å². The van der Waals surface area contributed by atoms with Gasteiger partial charge in [-0.15, -0.1) is 0 Å². The lowest BCUT2D eigenvalue weighted by atomic mass is 10.1. The van der Waals surface area contributed by atoms with Crippen LogP contribution in [0.2, 0.25) is 0 Å². The standard InChI is InChI=1S/C16H13FN2OS/c1-9-6-7-13-14(8-9)19-16(18-13)21-15-11(10(2)20)4-3-5-12(15)17/h3-8H,1-2H3,(H,18,19). The second-order valence-electron chi connectivity index (χ2n) is 4.84. The van der Waals surface area contributed by atoms with Crippen LogP contribution in [0.4, 0.5) is 4.39 Å². The molecule has 0 atom stereocenters. The summed E-state index contributed by atoms with van der Waals surface area (Å²) in [5, 5.41) is 0.572. The molecule has 0 unspecified atom stereocenters. The maximum atomic E-state index is 14.0. The first kappa shape index (κ1) is 13.8. The Balaban J connectivity index is 2.04. The third kappa shape index (κ3) is 2.69. The highest BCUT2D eigenvalue weighted by Crippen LogP contribution is 2.32. The summed E-state index contributed by atoms with van der Waals surface area (Å²) in [6, 6.07) is 10.4. The number of halogens is 1.